The zero-order valence-electron chi connectivity index (χ0n) is 15.0. The number of unbranched alkanes of at least 4 members (excludes halogenated alkanes) is 2. The van der Waals surface area contributed by atoms with Crippen LogP contribution in [0.25, 0.3) is 10.2 Å². The van der Waals surface area contributed by atoms with Crippen molar-refractivity contribution in [2.24, 2.45) is 0 Å². The Morgan fingerprint density at radius 3 is 2.73 bits per heavy atom. The van der Waals surface area contributed by atoms with Gasteiger partial charge in [-0.3, -0.25) is 19.5 Å². The molecule has 26 heavy (non-hydrogen) atoms. The Labute approximate surface area is 159 Å². The second-order valence-electron chi connectivity index (χ2n) is 6.00. The summed E-state index contributed by atoms with van der Waals surface area (Å²) in [5.74, 6) is -0.277. The summed E-state index contributed by atoms with van der Waals surface area (Å²) in [6.45, 7) is 6.56. The largest absolute Gasteiger partial charge is 0.299 e. The molecule has 3 aromatic rings. The van der Waals surface area contributed by atoms with Crippen molar-refractivity contribution in [2.75, 3.05) is 5.32 Å². The molecule has 3 rings (SSSR count). The summed E-state index contributed by atoms with van der Waals surface area (Å²) in [4.78, 5) is 30.8. The van der Waals surface area contributed by atoms with Gasteiger partial charge in [0.1, 0.15) is 9.84 Å². The number of fused-ring (bicyclic) bond motifs is 1. The first-order chi connectivity index (χ1) is 12.5. The molecular formula is C17H21N5O2S2. The third kappa shape index (κ3) is 3.68. The Morgan fingerprint density at radius 1 is 1.23 bits per heavy atom. The fraction of sp³-hybridized carbons (Fsp3) is 0.471. The standard InChI is InChI=1S/C17H21N5O2S2/c1-4-6-7-8-22-9-18-15-12(16(22)24)10(3)13(26-15)14(23)19-17-21-20-11(5-2)25-17/h9H,4-8H2,1-3H3,(H,19,21,23). The predicted molar refractivity (Wildman–Crippen MR) is 105 cm³/mol. The number of anilines is 1. The minimum Gasteiger partial charge on any atom is -0.299 e. The zero-order chi connectivity index (χ0) is 18.7. The Morgan fingerprint density at radius 2 is 2.04 bits per heavy atom. The lowest BCUT2D eigenvalue weighted by molar-refractivity contribution is 0.103. The maximum atomic E-state index is 12.8. The van der Waals surface area contributed by atoms with Gasteiger partial charge in [0.2, 0.25) is 5.13 Å². The molecule has 0 aliphatic carbocycles. The van der Waals surface area contributed by atoms with Gasteiger partial charge in [-0.05, 0) is 25.3 Å². The number of carbonyl (C=O) groups excluding carboxylic acids is 1. The Kier molecular flexibility index (Phi) is 5.77. The van der Waals surface area contributed by atoms with Crippen LogP contribution in [0.3, 0.4) is 0 Å². The van der Waals surface area contributed by atoms with Crippen molar-refractivity contribution in [2.45, 2.75) is 53.0 Å². The number of thiophene rings is 1. The topological polar surface area (TPSA) is 89.8 Å². The average Bonchev–Trinajstić information content (AvgIpc) is 3.21. The number of hydrogen-bond acceptors (Lipinski definition) is 7. The van der Waals surface area contributed by atoms with Gasteiger partial charge in [-0.1, -0.05) is 38.0 Å². The van der Waals surface area contributed by atoms with E-state index in [9.17, 15) is 9.59 Å². The van der Waals surface area contributed by atoms with Crippen molar-refractivity contribution >= 4 is 43.9 Å². The van der Waals surface area contributed by atoms with Gasteiger partial charge in [0, 0.05) is 6.54 Å². The summed E-state index contributed by atoms with van der Waals surface area (Å²) in [5, 5.41) is 12.6. The van der Waals surface area contributed by atoms with Crippen LogP contribution in [-0.2, 0) is 13.0 Å². The molecular weight excluding hydrogens is 370 g/mol. The minimum atomic E-state index is -0.277. The van der Waals surface area contributed by atoms with Crippen molar-refractivity contribution < 1.29 is 4.79 Å². The molecule has 7 nitrogen and oxygen atoms in total. The molecule has 0 atom stereocenters. The second-order valence-corrected chi connectivity index (χ2v) is 8.06. The normalized spacial score (nSPS) is 11.2. The van der Waals surface area contributed by atoms with Crippen LogP contribution in [0.5, 0.6) is 0 Å². The van der Waals surface area contributed by atoms with Crippen molar-refractivity contribution in [3.8, 4) is 0 Å². The van der Waals surface area contributed by atoms with Gasteiger partial charge in [0.15, 0.2) is 0 Å². The highest BCUT2D eigenvalue weighted by Gasteiger charge is 2.20. The van der Waals surface area contributed by atoms with E-state index < -0.39 is 0 Å². The molecule has 0 aliphatic heterocycles. The minimum absolute atomic E-state index is 0.0805. The molecule has 3 aromatic heterocycles. The van der Waals surface area contributed by atoms with E-state index in [-0.39, 0.29) is 11.5 Å². The molecule has 9 heteroatoms. The van der Waals surface area contributed by atoms with E-state index in [1.54, 1.807) is 17.8 Å². The van der Waals surface area contributed by atoms with Gasteiger partial charge in [-0.2, -0.15) is 0 Å². The first-order valence-electron chi connectivity index (χ1n) is 8.67. The fourth-order valence-electron chi connectivity index (χ4n) is 2.67. The fourth-order valence-corrected chi connectivity index (χ4v) is 4.38. The molecule has 3 heterocycles. The smallest absolute Gasteiger partial charge is 0.267 e. The molecule has 0 unspecified atom stereocenters. The van der Waals surface area contributed by atoms with Crippen LogP contribution in [0.1, 0.15) is 53.4 Å². The maximum Gasteiger partial charge on any atom is 0.267 e. The van der Waals surface area contributed by atoms with Gasteiger partial charge in [0.05, 0.1) is 16.6 Å². The van der Waals surface area contributed by atoms with Gasteiger partial charge >= 0.3 is 0 Å². The highest BCUT2D eigenvalue weighted by atomic mass is 32.1. The quantitative estimate of drug-likeness (QED) is 0.621. The van der Waals surface area contributed by atoms with E-state index in [4.69, 9.17) is 0 Å². The number of rotatable bonds is 7. The molecule has 0 radical (unpaired) electrons. The average molecular weight is 392 g/mol. The van der Waals surface area contributed by atoms with E-state index in [0.717, 1.165) is 30.7 Å². The lowest BCUT2D eigenvalue weighted by Crippen LogP contribution is -2.20. The van der Waals surface area contributed by atoms with Crippen LogP contribution in [0.4, 0.5) is 5.13 Å². The number of nitrogens with zero attached hydrogens (tertiary/aromatic N) is 4. The van der Waals surface area contributed by atoms with Crippen molar-refractivity contribution in [3.05, 3.63) is 32.1 Å². The number of carbonyl (C=O) groups is 1. The molecule has 0 saturated heterocycles. The lowest BCUT2D eigenvalue weighted by atomic mass is 10.2. The Balaban J connectivity index is 1.89. The zero-order valence-corrected chi connectivity index (χ0v) is 16.7. The summed E-state index contributed by atoms with van der Waals surface area (Å²) in [6.07, 6.45) is 5.46. The molecule has 0 bridgehead atoms. The number of hydrogen-bond donors (Lipinski definition) is 1. The highest BCUT2D eigenvalue weighted by Crippen LogP contribution is 2.28. The lowest BCUT2D eigenvalue weighted by Gasteiger charge is -2.04. The van der Waals surface area contributed by atoms with Crippen LogP contribution in [0.2, 0.25) is 0 Å². The summed E-state index contributed by atoms with van der Waals surface area (Å²) in [6, 6.07) is 0. The van der Waals surface area contributed by atoms with Crippen molar-refractivity contribution in [3.63, 3.8) is 0 Å². The first kappa shape index (κ1) is 18.7. The number of aryl methyl sites for hydroxylation is 3. The van der Waals surface area contributed by atoms with Crippen molar-refractivity contribution in [1.82, 2.24) is 19.7 Å². The molecule has 138 valence electrons. The van der Waals surface area contributed by atoms with Crippen LogP contribution in [-0.4, -0.2) is 25.7 Å². The third-order valence-corrected chi connectivity index (χ3v) is 6.30. The SMILES string of the molecule is CCCCCn1cnc2sc(C(=O)Nc3nnc(CC)s3)c(C)c2c1=O. The number of aromatic nitrogens is 4. The summed E-state index contributed by atoms with van der Waals surface area (Å²) in [7, 11) is 0. The van der Waals surface area contributed by atoms with Crippen LogP contribution >= 0.6 is 22.7 Å². The molecule has 0 spiro atoms. The van der Waals surface area contributed by atoms with Gasteiger partial charge in [-0.25, -0.2) is 4.98 Å². The summed E-state index contributed by atoms with van der Waals surface area (Å²) < 4.78 is 1.64. The van der Waals surface area contributed by atoms with Crippen LogP contribution in [0.15, 0.2) is 11.1 Å². The molecule has 0 aliphatic rings. The van der Waals surface area contributed by atoms with Gasteiger partial charge < -0.3 is 0 Å². The maximum absolute atomic E-state index is 12.8. The second kappa shape index (κ2) is 8.05. The molecule has 1 N–H and O–H groups in total. The number of nitrogens with one attached hydrogen (secondary N) is 1. The molecule has 0 fully saturated rings. The van der Waals surface area contributed by atoms with Crippen LogP contribution < -0.4 is 10.9 Å². The van der Waals surface area contributed by atoms with E-state index in [0.29, 0.717) is 32.3 Å². The number of amides is 1. The highest BCUT2D eigenvalue weighted by molar-refractivity contribution is 7.21. The van der Waals surface area contributed by atoms with E-state index >= 15 is 0 Å². The third-order valence-electron chi connectivity index (χ3n) is 4.12. The van der Waals surface area contributed by atoms with E-state index in [2.05, 4.69) is 27.4 Å². The monoisotopic (exact) mass is 391 g/mol. The first-order valence-corrected chi connectivity index (χ1v) is 10.3. The Hall–Kier alpha value is -2.13. The summed E-state index contributed by atoms with van der Waals surface area (Å²) >= 11 is 2.59. The summed E-state index contributed by atoms with van der Waals surface area (Å²) in [5.41, 5.74) is 0.591. The van der Waals surface area contributed by atoms with Crippen LogP contribution in [0, 0.1) is 6.92 Å². The molecule has 0 saturated carbocycles. The molecule has 0 aromatic carbocycles. The van der Waals surface area contributed by atoms with Crippen molar-refractivity contribution in [1.29, 1.82) is 0 Å². The predicted octanol–water partition coefficient (Wildman–Crippen LogP) is 3.62. The van der Waals surface area contributed by atoms with Gasteiger partial charge in [0.25, 0.3) is 11.5 Å². The molecule has 1 amide bonds. The van der Waals surface area contributed by atoms with Gasteiger partial charge in [-0.15, -0.1) is 21.5 Å². The van der Waals surface area contributed by atoms with E-state index in [1.807, 2.05) is 6.92 Å². The Bertz CT molecular complexity index is 989. The van der Waals surface area contributed by atoms with E-state index in [1.165, 1.54) is 22.7 Å².